The molecular weight excluding hydrogens is 309 g/mol. The lowest BCUT2D eigenvalue weighted by Gasteiger charge is -2.22. The zero-order valence-electron chi connectivity index (χ0n) is 13.3. The molecule has 0 radical (unpaired) electrons. The fraction of sp³-hybridized carbons (Fsp3) is 0.389. The summed E-state index contributed by atoms with van der Waals surface area (Å²) in [5.41, 5.74) is 0.870. The number of nitrogens with one attached hydrogen (secondary N) is 1. The van der Waals surface area contributed by atoms with Crippen LogP contribution in [0.3, 0.4) is 0 Å². The molecule has 24 heavy (non-hydrogen) atoms. The number of alkyl halides is 1. The van der Waals surface area contributed by atoms with E-state index in [1.165, 1.54) is 0 Å². The van der Waals surface area contributed by atoms with Gasteiger partial charge in [-0.05, 0) is 43.4 Å². The van der Waals surface area contributed by atoms with Crippen LogP contribution in [-0.4, -0.2) is 29.0 Å². The molecule has 2 fully saturated rings. The van der Waals surface area contributed by atoms with E-state index in [4.69, 9.17) is 0 Å². The third-order valence-corrected chi connectivity index (χ3v) is 4.77. The number of fused-ring (bicyclic) bond motifs is 1. The van der Waals surface area contributed by atoms with Gasteiger partial charge >= 0.3 is 0 Å². The number of halogens is 1. The van der Waals surface area contributed by atoms with E-state index in [1.807, 2.05) is 30.0 Å². The zero-order chi connectivity index (χ0) is 16.8. The number of rotatable bonds is 3. The number of hydrogen-bond acceptors (Lipinski definition) is 3. The molecule has 1 saturated heterocycles. The number of aromatic nitrogens is 1. The van der Waals surface area contributed by atoms with E-state index in [0.717, 1.165) is 22.9 Å². The van der Waals surface area contributed by atoms with Crippen LogP contribution in [0.1, 0.15) is 26.2 Å². The first kappa shape index (κ1) is 15.1. The summed E-state index contributed by atoms with van der Waals surface area (Å²) in [7, 11) is 0. The lowest BCUT2D eigenvalue weighted by molar-refractivity contribution is -0.118. The first-order chi connectivity index (χ1) is 11.5. The maximum absolute atomic E-state index is 12.9. The smallest absolute Gasteiger partial charge is 0.231 e. The van der Waals surface area contributed by atoms with Crippen LogP contribution in [0.5, 0.6) is 0 Å². The van der Waals surface area contributed by atoms with Gasteiger partial charge in [0, 0.05) is 29.7 Å². The SMILES string of the molecule is C[C@@H]1CCC(=O)N1c1ccc2cc(NC(=O)[C@@H]3C[C@@H]3F)ncc2c1. The molecule has 124 valence electrons. The van der Waals surface area contributed by atoms with Gasteiger partial charge in [-0.3, -0.25) is 9.59 Å². The summed E-state index contributed by atoms with van der Waals surface area (Å²) >= 11 is 0. The fourth-order valence-corrected chi connectivity index (χ4v) is 3.23. The average Bonchev–Trinajstić information content (AvgIpc) is 3.21. The minimum absolute atomic E-state index is 0.143. The van der Waals surface area contributed by atoms with Crippen molar-refractivity contribution >= 4 is 34.1 Å². The van der Waals surface area contributed by atoms with E-state index in [-0.39, 0.29) is 17.9 Å². The van der Waals surface area contributed by atoms with Gasteiger partial charge < -0.3 is 10.2 Å². The van der Waals surface area contributed by atoms with Crippen LogP contribution in [0.25, 0.3) is 10.8 Å². The number of anilines is 2. The Morgan fingerprint density at radius 2 is 2.12 bits per heavy atom. The zero-order valence-corrected chi connectivity index (χ0v) is 13.3. The normalized spacial score (nSPS) is 26.0. The Morgan fingerprint density at radius 3 is 2.79 bits per heavy atom. The summed E-state index contributed by atoms with van der Waals surface area (Å²) in [4.78, 5) is 29.9. The minimum Gasteiger partial charge on any atom is -0.310 e. The highest BCUT2D eigenvalue weighted by Crippen LogP contribution is 2.35. The molecule has 5 nitrogen and oxygen atoms in total. The molecule has 0 spiro atoms. The summed E-state index contributed by atoms with van der Waals surface area (Å²) in [5, 5.41) is 4.46. The Kier molecular flexibility index (Phi) is 3.48. The number of nitrogens with zero attached hydrogens (tertiary/aromatic N) is 2. The molecule has 1 aliphatic heterocycles. The van der Waals surface area contributed by atoms with Gasteiger partial charge in [-0.25, -0.2) is 9.37 Å². The Bertz CT molecular complexity index is 838. The van der Waals surface area contributed by atoms with Crippen LogP contribution >= 0.6 is 0 Å². The van der Waals surface area contributed by atoms with Crippen LogP contribution in [0, 0.1) is 5.92 Å². The van der Waals surface area contributed by atoms with E-state index >= 15 is 0 Å². The van der Waals surface area contributed by atoms with Gasteiger partial charge in [-0.15, -0.1) is 0 Å². The number of carbonyl (C=O) groups is 2. The molecule has 4 rings (SSSR count). The van der Waals surface area contributed by atoms with Crippen LogP contribution in [0.15, 0.2) is 30.5 Å². The van der Waals surface area contributed by atoms with Gasteiger partial charge in [-0.2, -0.15) is 0 Å². The Morgan fingerprint density at radius 1 is 1.33 bits per heavy atom. The van der Waals surface area contributed by atoms with Crippen molar-refractivity contribution < 1.29 is 14.0 Å². The maximum atomic E-state index is 12.9. The molecule has 2 amide bonds. The molecular formula is C18H18FN3O2. The molecule has 1 aliphatic carbocycles. The molecule has 2 aliphatic rings. The van der Waals surface area contributed by atoms with Crippen LogP contribution in [0.2, 0.25) is 0 Å². The van der Waals surface area contributed by atoms with Crippen LogP contribution in [-0.2, 0) is 9.59 Å². The highest BCUT2D eigenvalue weighted by molar-refractivity contribution is 5.99. The van der Waals surface area contributed by atoms with E-state index in [9.17, 15) is 14.0 Å². The van der Waals surface area contributed by atoms with E-state index in [1.54, 1.807) is 12.3 Å². The number of carbonyl (C=O) groups excluding carboxylic acids is 2. The van der Waals surface area contributed by atoms with Gasteiger partial charge in [0.25, 0.3) is 0 Å². The third kappa shape index (κ3) is 2.62. The summed E-state index contributed by atoms with van der Waals surface area (Å²) < 4.78 is 12.9. The number of benzene rings is 1. The number of pyridine rings is 1. The second-order valence-corrected chi connectivity index (χ2v) is 6.60. The van der Waals surface area contributed by atoms with Crippen molar-refractivity contribution in [2.75, 3.05) is 10.2 Å². The van der Waals surface area contributed by atoms with Crippen molar-refractivity contribution in [1.29, 1.82) is 0 Å². The predicted molar refractivity (Wildman–Crippen MR) is 89.6 cm³/mol. The van der Waals surface area contributed by atoms with Gasteiger partial charge in [0.05, 0.1) is 5.92 Å². The van der Waals surface area contributed by atoms with Gasteiger partial charge in [0.15, 0.2) is 0 Å². The van der Waals surface area contributed by atoms with Gasteiger partial charge in [0.2, 0.25) is 11.8 Å². The van der Waals surface area contributed by atoms with Crippen LogP contribution in [0.4, 0.5) is 15.9 Å². The van der Waals surface area contributed by atoms with Crippen molar-refractivity contribution in [2.24, 2.45) is 5.92 Å². The largest absolute Gasteiger partial charge is 0.310 e. The average molecular weight is 327 g/mol. The van der Waals surface area contributed by atoms with Gasteiger partial charge in [0.1, 0.15) is 12.0 Å². The van der Waals surface area contributed by atoms with Gasteiger partial charge in [-0.1, -0.05) is 6.07 Å². The molecule has 1 aromatic carbocycles. The van der Waals surface area contributed by atoms with E-state index in [2.05, 4.69) is 10.3 Å². The van der Waals surface area contributed by atoms with E-state index in [0.29, 0.717) is 18.7 Å². The number of amides is 2. The Hall–Kier alpha value is -2.50. The molecule has 2 aromatic rings. The van der Waals surface area contributed by atoms with Crippen molar-refractivity contribution in [2.45, 2.75) is 38.4 Å². The summed E-state index contributed by atoms with van der Waals surface area (Å²) in [6.45, 7) is 2.04. The van der Waals surface area contributed by atoms with Crippen molar-refractivity contribution in [3.05, 3.63) is 30.5 Å². The lowest BCUT2D eigenvalue weighted by Crippen LogP contribution is -2.30. The van der Waals surface area contributed by atoms with E-state index < -0.39 is 12.1 Å². The predicted octanol–water partition coefficient (Wildman–Crippen LogP) is 3.05. The summed E-state index contributed by atoms with van der Waals surface area (Å²) in [6.07, 6.45) is 2.40. The minimum atomic E-state index is -1.02. The lowest BCUT2D eigenvalue weighted by atomic mass is 10.1. The molecule has 0 bridgehead atoms. The van der Waals surface area contributed by atoms with Crippen molar-refractivity contribution in [3.8, 4) is 0 Å². The highest BCUT2D eigenvalue weighted by atomic mass is 19.1. The monoisotopic (exact) mass is 327 g/mol. The standard InChI is InChI=1S/C18H18FN3O2/c1-10-2-5-17(23)22(10)13-4-3-11-7-16(20-9-12(11)6-13)21-18(24)14-8-15(14)19/h3-4,6-7,9-10,14-15H,2,5,8H2,1H3,(H,20,21,24)/t10-,14-,15+/m1/s1. The molecule has 1 aromatic heterocycles. The molecule has 6 heteroatoms. The first-order valence-electron chi connectivity index (χ1n) is 8.20. The molecule has 2 heterocycles. The highest BCUT2D eigenvalue weighted by Gasteiger charge is 2.43. The second kappa shape index (κ2) is 5.54. The molecule has 3 atom stereocenters. The second-order valence-electron chi connectivity index (χ2n) is 6.60. The Balaban J connectivity index is 1.59. The summed E-state index contributed by atoms with van der Waals surface area (Å²) in [5.74, 6) is -0.288. The molecule has 0 unspecified atom stereocenters. The van der Waals surface area contributed by atoms with Crippen LogP contribution < -0.4 is 10.2 Å². The quantitative estimate of drug-likeness (QED) is 0.942. The third-order valence-electron chi connectivity index (χ3n) is 4.77. The molecule has 1 N–H and O–H groups in total. The Labute approximate surface area is 138 Å². The number of hydrogen-bond donors (Lipinski definition) is 1. The van der Waals surface area contributed by atoms with Crippen molar-refractivity contribution in [1.82, 2.24) is 4.98 Å². The fourth-order valence-electron chi connectivity index (χ4n) is 3.23. The topological polar surface area (TPSA) is 62.3 Å². The summed E-state index contributed by atoms with van der Waals surface area (Å²) in [6, 6.07) is 7.73. The van der Waals surface area contributed by atoms with Crippen molar-refractivity contribution in [3.63, 3.8) is 0 Å². The first-order valence-corrected chi connectivity index (χ1v) is 8.20. The maximum Gasteiger partial charge on any atom is 0.231 e. The molecule has 1 saturated carbocycles.